The zero-order valence-corrected chi connectivity index (χ0v) is 12.5. The first-order valence-corrected chi connectivity index (χ1v) is 8.19. The van der Waals surface area contributed by atoms with Crippen LogP contribution < -0.4 is 5.32 Å². The molecule has 0 spiro atoms. The Hall–Kier alpha value is -2.09. The first kappa shape index (κ1) is 17.0. The standard InChI is InChI=1S/C13H17NO6S/c1-9-3-4-10(20-9)5-6-12(15)14-11(13(16)17)7-8-21(2,18)19/h3-6,11H,7-8H2,1-2H3,(H,14,15)(H,16,17)/b6-5+. The van der Waals surface area contributed by atoms with Gasteiger partial charge in [-0.1, -0.05) is 0 Å². The molecule has 0 bridgehead atoms. The van der Waals surface area contributed by atoms with Crippen LogP contribution in [0.25, 0.3) is 6.08 Å². The van der Waals surface area contributed by atoms with Crippen molar-refractivity contribution in [1.29, 1.82) is 0 Å². The summed E-state index contributed by atoms with van der Waals surface area (Å²) < 4.78 is 27.3. The van der Waals surface area contributed by atoms with Gasteiger partial charge in [0.05, 0.1) is 5.75 Å². The largest absolute Gasteiger partial charge is 0.480 e. The van der Waals surface area contributed by atoms with Crippen molar-refractivity contribution in [2.75, 3.05) is 12.0 Å². The van der Waals surface area contributed by atoms with Crippen molar-refractivity contribution in [2.45, 2.75) is 19.4 Å². The van der Waals surface area contributed by atoms with E-state index >= 15 is 0 Å². The number of furan rings is 1. The molecule has 1 atom stereocenters. The number of carboxylic acids is 1. The van der Waals surface area contributed by atoms with Crippen molar-refractivity contribution in [3.8, 4) is 0 Å². The predicted octanol–water partition coefficient (Wildman–Crippen LogP) is 0.605. The molecule has 1 rings (SSSR count). The summed E-state index contributed by atoms with van der Waals surface area (Å²) in [6.07, 6.45) is 3.35. The van der Waals surface area contributed by atoms with E-state index in [4.69, 9.17) is 9.52 Å². The summed E-state index contributed by atoms with van der Waals surface area (Å²) in [5.41, 5.74) is 0. The van der Waals surface area contributed by atoms with Gasteiger partial charge in [0.25, 0.3) is 0 Å². The molecule has 1 amide bonds. The van der Waals surface area contributed by atoms with Crippen LogP contribution in [0.15, 0.2) is 22.6 Å². The Balaban J connectivity index is 2.60. The molecule has 7 nitrogen and oxygen atoms in total. The van der Waals surface area contributed by atoms with Gasteiger partial charge in [0, 0.05) is 12.3 Å². The number of carbonyl (C=O) groups is 2. The Bertz CT molecular complexity index is 643. The van der Waals surface area contributed by atoms with Gasteiger partial charge < -0.3 is 14.8 Å². The van der Waals surface area contributed by atoms with Gasteiger partial charge >= 0.3 is 5.97 Å². The average Bonchev–Trinajstić information content (AvgIpc) is 2.76. The monoisotopic (exact) mass is 315 g/mol. The second-order valence-corrected chi connectivity index (χ2v) is 6.86. The molecule has 1 aromatic heterocycles. The molecule has 0 radical (unpaired) electrons. The Morgan fingerprint density at radius 3 is 2.57 bits per heavy atom. The molecule has 116 valence electrons. The van der Waals surface area contributed by atoms with E-state index in [1.54, 1.807) is 19.1 Å². The van der Waals surface area contributed by atoms with Gasteiger partial charge in [-0.05, 0) is 31.6 Å². The normalized spacial score (nSPS) is 13.2. The van der Waals surface area contributed by atoms with E-state index < -0.39 is 27.8 Å². The molecule has 1 heterocycles. The van der Waals surface area contributed by atoms with Gasteiger partial charge in [-0.25, -0.2) is 13.2 Å². The molecule has 1 aromatic rings. The number of sulfone groups is 1. The zero-order chi connectivity index (χ0) is 16.0. The Labute approximate surface area is 122 Å². The van der Waals surface area contributed by atoms with Crippen molar-refractivity contribution in [1.82, 2.24) is 5.32 Å². The SMILES string of the molecule is Cc1ccc(/C=C/C(=O)NC(CCS(C)(=O)=O)C(=O)O)o1. The molecule has 0 aliphatic carbocycles. The maximum absolute atomic E-state index is 11.6. The summed E-state index contributed by atoms with van der Waals surface area (Å²) in [6, 6.07) is 2.14. The fourth-order valence-corrected chi connectivity index (χ4v) is 2.17. The van der Waals surface area contributed by atoms with Crippen LogP contribution in [0.5, 0.6) is 0 Å². The maximum atomic E-state index is 11.6. The Morgan fingerprint density at radius 1 is 1.43 bits per heavy atom. The lowest BCUT2D eigenvalue weighted by atomic mass is 10.2. The number of carboxylic acid groups (broad SMARTS) is 1. The molecule has 2 N–H and O–H groups in total. The van der Waals surface area contributed by atoms with Crippen LogP contribution in [0.4, 0.5) is 0 Å². The van der Waals surface area contributed by atoms with Gasteiger partial charge in [0.15, 0.2) is 0 Å². The molecule has 0 fully saturated rings. The van der Waals surface area contributed by atoms with Crippen molar-refractivity contribution < 1.29 is 27.5 Å². The van der Waals surface area contributed by atoms with Crippen LogP contribution in [0.1, 0.15) is 17.9 Å². The third-order valence-electron chi connectivity index (χ3n) is 2.55. The molecule has 21 heavy (non-hydrogen) atoms. The van der Waals surface area contributed by atoms with Crippen molar-refractivity contribution >= 4 is 27.8 Å². The first-order chi connectivity index (χ1) is 9.67. The molecular weight excluding hydrogens is 298 g/mol. The molecular formula is C13H17NO6S. The summed E-state index contributed by atoms with van der Waals surface area (Å²) in [4.78, 5) is 22.6. The number of rotatable bonds is 7. The second kappa shape index (κ2) is 7.07. The maximum Gasteiger partial charge on any atom is 0.326 e. The van der Waals surface area contributed by atoms with E-state index in [-0.39, 0.29) is 12.2 Å². The number of aliphatic carboxylic acids is 1. The van der Waals surface area contributed by atoms with Gasteiger partial charge in [0.2, 0.25) is 5.91 Å². The minimum Gasteiger partial charge on any atom is -0.480 e. The molecule has 8 heteroatoms. The topological polar surface area (TPSA) is 114 Å². The molecule has 0 aliphatic rings. The van der Waals surface area contributed by atoms with Gasteiger partial charge in [-0.15, -0.1) is 0 Å². The fraction of sp³-hybridized carbons (Fsp3) is 0.385. The number of aryl methyl sites for hydroxylation is 1. The predicted molar refractivity (Wildman–Crippen MR) is 76.4 cm³/mol. The van der Waals surface area contributed by atoms with Gasteiger partial charge in [-0.3, -0.25) is 4.79 Å². The van der Waals surface area contributed by atoms with Crippen LogP contribution in [0.2, 0.25) is 0 Å². The van der Waals surface area contributed by atoms with E-state index in [1.165, 1.54) is 6.08 Å². The number of amides is 1. The van der Waals surface area contributed by atoms with E-state index in [0.717, 1.165) is 12.3 Å². The highest BCUT2D eigenvalue weighted by molar-refractivity contribution is 7.90. The average molecular weight is 315 g/mol. The fourth-order valence-electron chi connectivity index (χ4n) is 1.51. The van der Waals surface area contributed by atoms with Crippen molar-refractivity contribution in [3.05, 3.63) is 29.7 Å². The quantitative estimate of drug-likeness (QED) is 0.712. The van der Waals surface area contributed by atoms with Crippen LogP contribution in [-0.2, 0) is 19.4 Å². The number of hydrogen-bond donors (Lipinski definition) is 2. The molecule has 1 unspecified atom stereocenters. The third-order valence-corrected chi connectivity index (χ3v) is 3.53. The highest BCUT2D eigenvalue weighted by atomic mass is 32.2. The summed E-state index contributed by atoms with van der Waals surface area (Å²) in [5, 5.41) is 11.2. The first-order valence-electron chi connectivity index (χ1n) is 6.13. The summed E-state index contributed by atoms with van der Waals surface area (Å²) in [5.74, 6) is -1.08. The second-order valence-electron chi connectivity index (χ2n) is 4.60. The van der Waals surface area contributed by atoms with E-state index in [2.05, 4.69) is 5.32 Å². The van der Waals surface area contributed by atoms with Crippen LogP contribution in [0.3, 0.4) is 0 Å². The van der Waals surface area contributed by atoms with Gasteiger partial charge in [0.1, 0.15) is 27.4 Å². The summed E-state index contributed by atoms with van der Waals surface area (Å²) >= 11 is 0. The highest BCUT2D eigenvalue weighted by Crippen LogP contribution is 2.07. The molecule has 0 aromatic carbocycles. The lowest BCUT2D eigenvalue weighted by molar-refractivity contribution is -0.141. The molecule has 0 saturated heterocycles. The zero-order valence-electron chi connectivity index (χ0n) is 11.7. The number of nitrogens with one attached hydrogen (secondary N) is 1. The highest BCUT2D eigenvalue weighted by Gasteiger charge is 2.20. The van der Waals surface area contributed by atoms with E-state index in [1.807, 2.05) is 0 Å². The smallest absolute Gasteiger partial charge is 0.326 e. The van der Waals surface area contributed by atoms with Crippen LogP contribution in [-0.4, -0.2) is 43.5 Å². The van der Waals surface area contributed by atoms with E-state index in [0.29, 0.717) is 11.5 Å². The van der Waals surface area contributed by atoms with Gasteiger partial charge in [-0.2, -0.15) is 0 Å². The van der Waals surface area contributed by atoms with Crippen molar-refractivity contribution in [3.63, 3.8) is 0 Å². The van der Waals surface area contributed by atoms with Crippen molar-refractivity contribution in [2.24, 2.45) is 0 Å². The lowest BCUT2D eigenvalue weighted by Crippen LogP contribution is -2.41. The summed E-state index contributed by atoms with van der Waals surface area (Å²) in [6.45, 7) is 1.75. The minimum atomic E-state index is -3.29. The lowest BCUT2D eigenvalue weighted by Gasteiger charge is -2.12. The molecule has 0 saturated carbocycles. The van der Waals surface area contributed by atoms with E-state index in [9.17, 15) is 18.0 Å². The summed E-state index contributed by atoms with van der Waals surface area (Å²) in [7, 11) is -3.29. The van der Waals surface area contributed by atoms with Crippen LogP contribution >= 0.6 is 0 Å². The Kier molecular flexibility index (Phi) is 5.71. The van der Waals surface area contributed by atoms with Crippen LogP contribution in [0, 0.1) is 6.92 Å². The minimum absolute atomic E-state index is 0.187. The number of carbonyl (C=O) groups excluding carboxylic acids is 1. The number of hydrogen-bond acceptors (Lipinski definition) is 5. The molecule has 0 aliphatic heterocycles. The Morgan fingerprint density at radius 2 is 2.10 bits per heavy atom. The third kappa shape index (κ3) is 6.75.